The Bertz CT molecular complexity index is 1150. The molecule has 222 valence electrons. The highest BCUT2D eigenvalue weighted by Crippen LogP contribution is 2.30. The van der Waals surface area contributed by atoms with E-state index >= 15 is 0 Å². The van der Waals surface area contributed by atoms with Gasteiger partial charge in [-0.25, -0.2) is 0 Å². The first-order valence-corrected chi connectivity index (χ1v) is 17.0. The van der Waals surface area contributed by atoms with Gasteiger partial charge in [-0.05, 0) is 79.9 Å². The molecule has 0 aliphatic carbocycles. The zero-order chi connectivity index (χ0) is 29.8. The van der Waals surface area contributed by atoms with Crippen molar-refractivity contribution in [2.45, 2.75) is 84.3 Å². The number of nitrogens with two attached hydrogens (primary N) is 1. The predicted molar refractivity (Wildman–Crippen MR) is 184 cm³/mol. The summed E-state index contributed by atoms with van der Waals surface area (Å²) in [6, 6.07) is 40.6. The van der Waals surface area contributed by atoms with Crippen LogP contribution in [-0.4, -0.2) is 19.0 Å². The molecular formula is C37H47N2OS2+. The van der Waals surface area contributed by atoms with Gasteiger partial charge in [0, 0.05) is 30.1 Å². The summed E-state index contributed by atoms with van der Waals surface area (Å²) in [5.41, 5.74) is 6.33. The molecule has 1 saturated heterocycles. The fourth-order valence-corrected chi connectivity index (χ4v) is 7.05. The number of carbonyl (C=O) groups excluding carboxylic acids is 1. The van der Waals surface area contributed by atoms with Gasteiger partial charge in [0.05, 0.1) is 10.9 Å². The number of nitrogens with zero attached hydrogens (tertiary/aromatic N) is 1. The van der Waals surface area contributed by atoms with Gasteiger partial charge >= 0.3 is 0 Å². The Hall–Kier alpha value is -3.15. The lowest BCUT2D eigenvalue weighted by molar-refractivity contribution is -0.118. The summed E-state index contributed by atoms with van der Waals surface area (Å²) in [7, 11) is -0.0146. The van der Waals surface area contributed by atoms with Gasteiger partial charge in [0.15, 0.2) is 14.7 Å². The Kier molecular flexibility index (Phi) is 15.8. The average molecular weight is 600 g/mol. The van der Waals surface area contributed by atoms with Gasteiger partial charge in [0.25, 0.3) is 0 Å². The van der Waals surface area contributed by atoms with E-state index in [-0.39, 0.29) is 16.8 Å². The van der Waals surface area contributed by atoms with E-state index in [2.05, 4.69) is 140 Å². The monoisotopic (exact) mass is 599 g/mol. The van der Waals surface area contributed by atoms with Crippen LogP contribution < -0.4 is 10.6 Å². The SMILES string of the molecule is CCCCCCCCC(N)=O.Sc1ccc(N2CCCC2)cc1.c1ccc([S+](c2ccccc2)c2ccccc2)cc1. The lowest BCUT2D eigenvalue weighted by Crippen LogP contribution is -2.17. The van der Waals surface area contributed by atoms with Gasteiger partial charge in [-0.3, -0.25) is 4.79 Å². The van der Waals surface area contributed by atoms with Gasteiger partial charge in [-0.1, -0.05) is 93.6 Å². The Morgan fingerprint density at radius 3 is 1.52 bits per heavy atom. The van der Waals surface area contributed by atoms with Crippen LogP contribution in [0.25, 0.3) is 0 Å². The molecule has 2 N–H and O–H groups in total. The number of rotatable bonds is 11. The second-order valence-electron chi connectivity index (χ2n) is 10.4. The van der Waals surface area contributed by atoms with Crippen LogP contribution in [0, 0.1) is 0 Å². The van der Waals surface area contributed by atoms with Crippen LogP contribution in [0.3, 0.4) is 0 Å². The molecule has 1 aliphatic heterocycles. The number of amides is 1. The smallest absolute Gasteiger partial charge is 0.217 e. The normalized spacial score (nSPS) is 12.2. The van der Waals surface area contributed by atoms with Crippen molar-refractivity contribution in [2.24, 2.45) is 5.73 Å². The first-order valence-electron chi connectivity index (χ1n) is 15.3. The second kappa shape index (κ2) is 19.9. The highest BCUT2D eigenvalue weighted by molar-refractivity contribution is 7.97. The van der Waals surface area contributed by atoms with Crippen molar-refractivity contribution < 1.29 is 4.79 Å². The Morgan fingerprint density at radius 2 is 1.10 bits per heavy atom. The molecule has 1 amide bonds. The van der Waals surface area contributed by atoms with E-state index in [1.54, 1.807) is 0 Å². The Morgan fingerprint density at radius 1 is 0.667 bits per heavy atom. The third kappa shape index (κ3) is 12.4. The molecule has 0 atom stereocenters. The molecule has 0 saturated carbocycles. The molecule has 4 aromatic rings. The van der Waals surface area contributed by atoms with Crippen LogP contribution in [0.1, 0.15) is 64.7 Å². The standard InChI is InChI=1S/C18H15S.C10H13NS.C9H19NO/c1-4-10-16(11-5-1)19(17-12-6-2-7-13-17)18-14-8-3-9-15-18;12-10-5-3-9(4-6-10)11-7-1-2-8-11;1-2-3-4-5-6-7-8-9(10)11/h1-15H;3-6,12H,1-2,7-8H2;2-8H2,1H3,(H2,10,11)/q+1;;. The Balaban J connectivity index is 0.000000184. The minimum absolute atomic E-state index is 0.0146. The first-order chi connectivity index (χ1) is 20.6. The van der Waals surface area contributed by atoms with Gasteiger partial charge in [0.1, 0.15) is 0 Å². The minimum Gasteiger partial charge on any atom is -0.372 e. The second-order valence-corrected chi connectivity index (χ2v) is 13.0. The third-order valence-corrected chi connectivity index (χ3v) is 9.56. The first kappa shape index (κ1) is 33.4. The quantitative estimate of drug-likeness (QED) is 0.102. The molecule has 1 fully saturated rings. The summed E-state index contributed by atoms with van der Waals surface area (Å²) < 4.78 is 0. The minimum atomic E-state index is -0.166. The van der Waals surface area contributed by atoms with Gasteiger partial charge < -0.3 is 10.6 Å². The molecule has 1 aliphatic rings. The molecule has 4 aromatic carbocycles. The van der Waals surface area contributed by atoms with Crippen LogP contribution in [0.5, 0.6) is 0 Å². The number of benzene rings is 4. The van der Waals surface area contributed by atoms with E-state index in [4.69, 9.17) is 5.73 Å². The summed E-state index contributed by atoms with van der Waals surface area (Å²) >= 11 is 4.26. The molecule has 0 spiro atoms. The zero-order valence-corrected chi connectivity index (χ0v) is 26.7. The summed E-state index contributed by atoms with van der Waals surface area (Å²) in [6.45, 7) is 4.63. The maximum absolute atomic E-state index is 10.3. The molecule has 5 heteroatoms. The summed E-state index contributed by atoms with van der Waals surface area (Å²) in [5, 5.41) is 0. The molecule has 1 heterocycles. The number of hydrogen-bond donors (Lipinski definition) is 2. The van der Waals surface area contributed by atoms with Crippen molar-refractivity contribution in [3.63, 3.8) is 0 Å². The highest BCUT2D eigenvalue weighted by Gasteiger charge is 2.27. The van der Waals surface area contributed by atoms with Crippen molar-refractivity contribution in [2.75, 3.05) is 18.0 Å². The number of unbranched alkanes of at least 4 members (excludes halogenated alkanes) is 5. The topological polar surface area (TPSA) is 46.3 Å². The number of thiol groups is 1. The number of primary amides is 1. The molecule has 0 bridgehead atoms. The van der Waals surface area contributed by atoms with Gasteiger partial charge in [0.2, 0.25) is 5.91 Å². The van der Waals surface area contributed by atoms with Crippen molar-refractivity contribution in [3.8, 4) is 0 Å². The molecule has 3 nitrogen and oxygen atoms in total. The fourth-order valence-electron chi connectivity index (χ4n) is 4.80. The van der Waals surface area contributed by atoms with Crippen molar-refractivity contribution in [1.29, 1.82) is 0 Å². The largest absolute Gasteiger partial charge is 0.372 e. The average Bonchev–Trinajstić information content (AvgIpc) is 3.57. The fraction of sp³-hybridized carbons (Fsp3) is 0.324. The molecule has 0 aromatic heterocycles. The van der Waals surface area contributed by atoms with E-state index in [9.17, 15) is 4.79 Å². The number of anilines is 1. The summed E-state index contributed by atoms with van der Waals surface area (Å²) in [6.07, 6.45) is 10.5. The maximum Gasteiger partial charge on any atom is 0.217 e. The molecule has 5 rings (SSSR count). The zero-order valence-electron chi connectivity index (χ0n) is 25.0. The molecule has 0 unspecified atom stereocenters. The third-order valence-electron chi connectivity index (χ3n) is 7.03. The maximum atomic E-state index is 10.3. The summed E-state index contributed by atoms with van der Waals surface area (Å²) in [4.78, 5) is 17.9. The van der Waals surface area contributed by atoms with Crippen molar-refractivity contribution in [3.05, 3.63) is 115 Å². The van der Waals surface area contributed by atoms with Crippen molar-refractivity contribution in [1.82, 2.24) is 0 Å². The van der Waals surface area contributed by atoms with E-state index < -0.39 is 0 Å². The summed E-state index contributed by atoms with van der Waals surface area (Å²) in [5.74, 6) is -0.166. The number of hydrogen-bond acceptors (Lipinski definition) is 3. The van der Waals surface area contributed by atoms with E-state index in [0.29, 0.717) is 6.42 Å². The Labute approximate surface area is 262 Å². The van der Waals surface area contributed by atoms with Crippen molar-refractivity contribution >= 4 is 35.1 Å². The van der Waals surface area contributed by atoms with E-state index in [1.165, 1.54) is 72.0 Å². The highest BCUT2D eigenvalue weighted by atomic mass is 32.2. The van der Waals surface area contributed by atoms with Crippen LogP contribution in [-0.2, 0) is 15.7 Å². The lowest BCUT2D eigenvalue weighted by atomic mass is 10.1. The predicted octanol–water partition coefficient (Wildman–Crippen LogP) is 9.58. The number of carbonyl (C=O) groups is 1. The van der Waals surface area contributed by atoms with Crippen LogP contribution >= 0.6 is 12.6 Å². The lowest BCUT2D eigenvalue weighted by Gasteiger charge is -2.17. The van der Waals surface area contributed by atoms with E-state index in [1.807, 2.05) is 0 Å². The molecular weight excluding hydrogens is 553 g/mol. The van der Waals surface area contributed by atoms with Gasteiger partial charge in [-0.2, -0.15) is 0 Å². The van der Waals surface area contributed by atoms with E-state index in [0.717, 1.165) is 17.7 Å². The van der Waals surface area contributed by atoms with Gasteiger partial charge in [-0.15, -0.1) is 12.6 Å². The van der Waals surface area contributed by atoms with Crippen LogP contribution in [0.15, 0.2) is 135 Å². The molecule has 0 radical (unpaired) electrons. The molecule has 42 heavy (non-hydrogen) atoms. The van der Waals surface area contributed by atoms with Crippen LogP contribution in [0.2, 0.25) is 0 Å². The van der Waals surface area contributed by atoms with Crippen LogP contribution in [0.4, 0.5) is 5.69 Å².